The highest BCUT2D eigenvalue weighted by Gasteiger charge is 2.09. The second-order valence-electron chi connectivity index (χ2n) is 6.90. The summed E-state index contributed by atoms with van der Waals surface area (Å²) in [6, 6.07) is 13.9. The Morgan fingerprint density at radius 3 is 1.82 bits per heavy atom. The van der Waals surface area contributed by atoms with Gasteiger partial charge in [-0.2, -0.15) is 0 Å². The zero-order valence-corrected chi connectivity index (χ0v) is 16.6. The Hall–Kier alpha value is -3.35. The average molecular weight is 382 g/mol. The standard InChI is InChI=1S/C21H26N4O3/c1-14(2)20(27)24-18-11-9-17(10-12-18)23-19(26)13-22-16-7-5-15(6-8-16)21(28)25(3)4/h5-12,14,22H,13H2,1-4H3,(H,23,26)(H,24,27). The van der Waals surface area contributed by atoms with Gasteiger partial charge in [-0.3, -0.25) is 14.4 Å². The van der Waals surface area contributed by atoms with E-state index in [0.717, 1.165) is 5.69 Å². The van der Waals surface area contributed by atoms with E-state index in [0.29, 0.717) is 16.9 Å². The molecule has 0 aromatic heterocycles. The highest BCUT2D eigenvalue weighted by molar-refractivity contribution is 5.96. The average Bonchev–Trinajstić information content (AvgIpc) is 2.67. The van der Waals surface area contributed by atoms with Crippen molar-refractivity contribution in [3.05, 3.63) is 54.1 Å². The van der Waals surface area contributed by atoms with Crippen molar-refractivity contribution in [2.24, 2.45) is 5.92 Å². The van der Waals surface area contributed by atoms with E-state index in [-0.39, 0.29) is 30.2 Å². The van der Waals surface area contributed by atoms with Crippen LogP contribution >= 0.6 is 0 Å². The molecule has 0 atom stereocenters. The molecular weight excluding hydrogens is 356 g/mol. The molecule has 0 radical (unpaired) electrons. The molecule has 7 heteroatoms. The van der Waals surface area contributed by atoms with Crippen molar-refractivity contribution in [1.82, 2.24) is 4.90 Å². The molecule has 0 saturated carbocycles. The van der Waals surface area contributed by atoms with Crippen LogP contribution in [0.25, 0.3) is 0 Å². The summed E-state index contributed by atoms with van der Waals surface area (Å²) < 4.78 is 0. The highest BCUT2D eigenvalue weighted by atomic mass is 16.2. The number of carbonyl (C=O) groups is 3. The Morgan fingerprint density at radius 1 is 0.821 bits per heavy atom. The predicted molar refractivity (Wildman–Crippen MR) is 111 cm³/mol. The lowest BCUT2D eigenvalue weighted by molar-refractivity contribution is -0.119. The number of amides is 3. The van der Waals surface area contributed by atoms with Crippen molar-refractivity contribution in [2.75, 3.05) is 36.6 Å². The largest absolute Gasteiger partial charge is 0.376 e. The van der Waals surface area contributed by atoms with Crippen molar-refractivity contribution in [3.8, 4) is 0 Å². The van der Waals surface area contributed by atoms with Gasteiger partial charge in [0.1, 0.15) is 0 Å². The predicted octanol–water partition coefficient (Wildman–Crippen LogP) is 3.03. The van der Waals surface area contributed by atoms with Crippen LogP contribution in [0.2, 0.25) is 0 Å². The van der Waals surface area contributed by atoms with E-state index in [1.54, 1.807) is 62.6 Å². The van der Waals surface area contributed by atoms with E-state index in [1.807, 2.05) is 13.8 Å². The van der Waals surface area contributed by atoms with E-state index in [1.165, 1.54) is 4.90 Å². The van der Waals surface area contributed by atoms with Crippen LogP contribution < -0.4 is 16.0 Å². The van der Waals surface area contributed by atoms with Gasteiger partial charge < -0.3 is 20.9 Å². The highest BCUT2D eigenvalue weighted by Crippen LogP contribution is 2.15. The Labute approximate surface area is 165 Å². The van der Waals surface area contributed by atoms with Gasteiger partial charge in [0.15, 0.2) is 0 Å². The molecule has 0 heterocycles. The molecule has 148 valence electrons. The molecule has 2 aromatic carbocycles. The van der Waals surface area contributed by atoms with Gasteiger partial charge in [-0.05, 0) is 48.5 Å². The monoisotopic (exact) mass is 382 g/mol. The summed E-state index contributed by atoms with van der Waals surface area (Å²) in [5.41, 5.74) is 2.66. The van der Waals surface area contributed by atoms with Crippen molar-refractivity contribution < 1.29 is 14.4 Å². The van der Waals surface area contributed by atoms with Gasteiger partial charge in [-0.15, -0.1) is 0 Å². The van der Waals surface area contributed by atoms with Crippen LogP contribution in [0.1, 0.15) is 24.2 Å². The van der Waals surface area contributed by atoms with Crippen LogP contribution in [0.3, 0.4) is 0 Å². The number of hydrogen-bond acceptors (Lipinski definition) is 4. The maximum Gasteiger partial charge on any atom is 0.253 e. The number of carbonyl (C=O) groups excluding carboxylic acids is 3. The van der Waals surface area contributed by atoms with Crippen molar-refractivity contribution in [2.45, 2.75) is 13.8 Å². The third kappa shape index (κ3) is 6.12. The summed E-state index contributed by atoms with van der Waals surface area (Å²) in [6.07, 6.45) is 0. The van der Waals surface area contributed by atoms with E-state index >= 15 is 0 Å². The zero-order valence-electron chi connectivity index (χ0n) is 16.6. The van der Waals surface area contributed by atoms with Gasteiger partial charge in [0, 0.05) is 42.6 Å². The van der Waals surface area contributed by atoms with Crippen molar-refractivity contribution in [3.63, 3.8) is 0 Å². The van der Waals surface area contributed by atoms with Crippen LogP contribution in [0.5, 0.6) is 0 Å². The molecule has 0 fully saturated rings. The van der Waals surface area contributed by atoms with Crippen LogP contribution in [0.15, 0.2) is 48.5 Å². The Balaban J connectivity index is 1.84. The van der Waals surface area contributed by atoms with Crippen LogP contribution in [0, 0.1) is 5.92 Å². The van der Waals surface area contributed by atoms with E-state index in [9.17, 15) is 14.4 Å². The summed E-state index contributed by atoms with van der Waals surface area (Å²) >= 11 is 0. The third-order valence-electron chi connectivity index (χ3n) is 3.95. The number of nitrogens with one attached hydrogen (secondary N) is 3. The van der Waals surface area contributed by atoms with E-state index < -0.39 is 0 Å². The first-order valence-corrected chi connectivity index (χ1v) is 9.02. The van der Waals surface area contributed by atoms with Crippen molar-refractivity contribution in [1.29, 1.82) is 0 Å². The smallest absolute Gasteiger partial charge is 0.253 e. The zero-order chi connectivity index (χ0) is 20.7. The third-order valence-corrected chi connectivity index (χ3v) is 3.95. The molecule has 0 aliphatic rings. The molecule has 0 bridgehead atoms. The quantitative estimate of drug-likeness (QED) is 0.686. The minimum Gasteiger partial charge on any atom is -0.376 e. The number of rotatable bonds is 7. The van der Waals surface area contributed by atoms with Gasteiger partial charge in [0.05, 0.1) is 6.54 Å². The summed E-state index contributed by atoms with van der Waals surface area (Å²) in [5, 5.41) is 8.60. The molecule has 0 unspecified atom stereocenters. The van der Waals surface area contributed by atoms with Gasteiger partial charge in [0.2, 0.25) is 11.8 Å². The Kier molecular flexibility index (Phi) is 7.14. The van der Waals surface area contributed by atoms with Crippen LogP contribution in [-0.2, 0) is 9.59 Å². The molecule has 3 amide bonds. The molecule has 0 spiro atoms. The Morgan fingerprint density at radius 2 is 1.32 bits per heavy atom. The van der Waals surface area contributed by atoms with Crippen molar-refractivity contribution >= 4 is 34.8 Å². The Bertz CT molecular complexity index is 828. The minimum atomic E-state index is -0.201. The van der Waals surface area contributed by atoms with Gasteiger partial charge >= 0.3 is 0 Å². The fraction of sp³-hybridized carbons (Fsp3) is 0.286. The lowest BCUT2D eigenvalue weighted by atomic mass is 10.2. The minimum absolute atomic E-state index is 0.0562. The van der Waals surface area contributed by atoms with Gasteiger partial charge in [0.25, 0.3) is 5.91 Å². The van der Waals surface area contributed by atoms with E-state index in [4.69, 9.17) is 0 Å². The molecule has 2 rings (SSSR count). The number of hydrogen-bond donors (Lipinski definition) is 3. The first-order chi connectivity index (χ1) is 13.3. The molecule has 0 aliphatic heterocycles. The first kappa shape index (κ1) is 21.0. The lowest BCUT2D eigenvalue weighted by Gasteiger charge is -2.12. The molecular formula is C21H26N4O3. The maximum absolute atomic E-state index is 12.1. The van der Waals surface area contributed by atoms with Crippen LogP contribution in [0.4, 0.5) is 17.1 Å². The first-order valence-electron chi connectivity index (χ1n) is 9.02. The molecule has 7 nitrogen and oxygen atoms in total. The topological polar surface area (TPSA) is 90.5 Å². The summed E-state index contributed by atoms with van der Waals surface area (Å²) in [7, 11) is 3.40. The maximum atomic E-state index is 12.1. The van der Waals surface area contributed by atoms with Crippen LogP contribution in [-0.4, -0.2) is 43.3 Å². The number of nitrogens with zero attached hydrogens (tertiary/aromatic N) is 1. The second-order valence-corrected chi connectivity index (χ2v) is 6.90. The van der Waals surface area contributed by atoms with Gasteiger partial charge in [-0.25, -0.2) is 0 Å². The molecule has 0 aliphatic carbocycles. The van der Waals surface area contributed by atoms with Gasteiger partial charge in [-0.1, -0.05) is 13.8 Å². The molecule has 2 aromatic rings. The fourth-order valence-electron chi connectivity index (χ4n) is 2.30. The normalized spacial score (nSPS) is 10.3. The summed E-state index contributed by atoms with van der Waals surface area (Å²) in [6.45, 7) is 3.74. The molecule has 28 heavy (non-hydrogen) atoms. The number of benzene rings is 2. The summed E-state index contributed by atoms with van der Waals surface area (Å²) in [4.78, 5) is 37.1. The summed E-state index contributed by atoms with van der Waals surface area (Å²) in [5.74, 6) is -0.426. The lowest BCUT2D eigenvalue weighted by Crippen LogP contribution is -2.22. The fourth-order valence-corrected chi connectivity index (χ4v) is 2.30. The molecule has 3 N–H and O–H groups in total. The SMILES string of the molecule is CC(C)C(=O)Nc1ccc(NC(=O)CNc2ccc(C(=O)N(C)C)cc2)cc1. The number of anilines is 3. The van der Waals surface area contributed by atoms with E-state index in [2.05, 4.69) is 16.0 Å². The second kappa shape index (κ2) is 9.55. The molecule has 0 saturated heterocycles.